The Morgan fingerprint density at radius 1 is 0.966 bits per heavy atom. The third kappa shape index (κ3) is 5.10. The lowest BCUT2D eigenvalue weighted by Crippen LogP contribution is -2.38. The first-order chi connectivity index (χ1) is 13.8. The SMILES string of the molecule is O=C(CN(c1ccc(I)cc1)S(=O)(=O)c1ccccc1)Nc1ccc(F)cc1F. The molecule has 150 valence electrons. The van der Waals surface area contributed by atoms with E-state index in [1.165, 1.54) is 12.1 Å². The van der Waals surface area contributed by atoms with Gasteiger partial charge in [-0.1, -0.05) is 18.2 Å². The summed E-state index contributed by atoms with van der Waals surface area (Å²) in [6.07, 6.45) is 0. The largest absolute Gasteiger partial charge is 0.322 e. The quantitative estimate of drug-likeness (QED) is 0.483. The number of hydrogen-bond acceptors (Lipinski definition) is 3. The van der Waals surface area contributed by atoms with E-state index in [1.807, 2.05) is 0 Å². The van der Waals surface area contributed by atoms with Crippen molar-refractivity contribution in [3.63, 3.8) is 0 Å². The number of benzene rings is 3. The van der Waals surface area contributed by atoms with Crippen molar-refractivity contribution in [2.45, 2.75) is 4.90 Å². The third-order valence-electron chi connectivity index (χ3n) is 3.94. The molecule has 0 aliphatic carbocycles. The number of anilines is 2. The Kier molecular flexibility index (Phi) is 6.48. The second kappa shape index (κ2) is 8.87. The standard InChI is InChI=1S/C20H15F2IN2O3S/c21-14-6-11-19(18(22)12-14)24-20(26)13-25(16-9-7-15(23)8-10-16)29(27,28)17-4-2-1-3-5-17/h1-12H,13H2,(H,24,26). The zero-order valence-corrected chi connectivity index (χ0v) is 17.8. The van der Waals surface area contributed by atoms with Crippen molar-refractivity contribution >= 4 is 49.9 Å². The number of nitrogens with zero attached hydrogens (tertiary/aromatic N) is 1. The van der Waals surface area contributed by atoms with Gasteiger partial charge in [0.25, 0.3) is 10.0 Å². The van der Waals surface area contributed by atoms with E-state index < -0.39 is 34.1 Å². The number of carbonyl (C=O) groups excluding carboxylic acids is 1. The fourth-order valence-electron chi connectivity index (χ4n) is 2.55. The van der Waals surface area contributed by atoms with Crippen LogP contribution < -0.4 is 9.62 Å². The highest BCUT2D eigenvalue weighted by molar-refractivity contribution is 14.1. The van der Waals surface area contributed by atoms with E-state index in [9.17, 15) is 22.0 Å². The van der Waals surface area contributed by atoms with E-state index >= 15 is 0 Å². The first-order valence-electron chi connectivity index (χ1n) is 8.35. The first kappa shape index (κ1) is 21.2. The van der Waals surface area contributed by atoms with Gasteiger partial charge in [0.15, 0.2) is 0 Å². The highest BCUT2D eigenvalue weighted by Crippen LogP contribution is 2.25. The fourth-order valence-corrected chi connectivity index (χ4v) is 4.35. The molecule has 1 N–H and O–H groups in total. The molecular formula is C20H15F2IN2O3S. The Morgan fingerprint density at radius 3 is 2.24 bits per heavy atom. The van der Waals surface area contributed by atoms with Crippen LogP contribution in [0.1, 0.15) is 0 Å². The van der Waals surface area contributed by atoms with Crippen LogP contribution in [0, 0.1) is 15.2 Å². The number of rotatable bonds is 6. The van der Waals surface area contributed by atoms with Crippen LogP contribution in [0.2, 0.25) is 0 Å². The average molecular weight is 528 g/mol. The van der Waals surface area contributed by atoms with Crippen molar-refractivity contribution in [2.24, 2.45) is 0 Å². The number of carbonyl (C=O) groups is 1. The van der Waals surface area contributed by atoms with Crippen LogP contribution >= 0.6 is 22.6 Å². The summed E-state index contributed by atoms with van der Waals surface area (Å²) in [5.41, 5.74) is 0.0417. The van der Waals surface area contributed by atoms with Gasteiger partial charge in [0.1, 0.15) is 18.2 Å². The predicted octanol–water partition coefficient (Wildman–Crippen LogP) is 4.40. The molecule has 0 aromatic heterocycles. The Bertz CT molecular complexity index is 1120. The van der Waals surface area contributed by atoms with E-state index in [2.05, 4.69) is 27.9 Å². The van der Waals surface area contributed by atoms with Crippen molar-refractivity contribution in [2.75, 3.05) is 16.2 Å². The summed E-state index contributed by atoms with van der Waals surface area (Å²) in [7, 11) is -4.05. The summed E-state index contributed by atoms with van der Waals surface area (Å²) in [4.78, 5) is 12.5. The Morgan fingerprint density at radius 2 is 1.62 bits per heavy atom. The molecule has 9 heteroatoms. The Labute approximate surface area is 180 Å². The van der Waals surface area contributed by atoms with Gasteiger partial charge in [0, 0.05) is 9.64 Å². The van der Waals surface area contributed by atoms with Crippen molar-refractivity contribution in [3.8, 4) is 0 Å². The lowest BCUT2D eigenvalue weighted by molar-refractivity contribution is -0.114. The van der Waals surface area contributed by atoms with E-state index in [0.717, 1.165) is 20.0 Å². The van der Waals surface area contributed by atoms with Gasteiger partial charge in [-0.3, -0.25) is 9.10 Å². The molecule has 5 nitrogen and oxygen atoms in total. The van der Waals surface area contributed by atoms with Crippen LogP contribution in [0.4, 0.5) is 20.2 Å². The minimum atomic E-state index is -4.05. The Balaban J connectivity index is 1.93. The number of sulfonamides is 1. The predicted molar refractivity (Wildman–Crippen MR) is 115 cm³/mol. The molecule has 3 aromatic carbocycles. The smallest absolute Gasteiger partial charge is 0.264 e. The molecular weight excluding hydrogens is 513 g/mol. The molecule has 29 heavy (non-hydrogen) atoms. The normalized spacial score (nSPS) is 11.1. The number of amides is 1. The zero-order valence-electron chi connectivity index (χ0n) is 14.8. The summed E-state index contributed by atoms with van der Waals surface area (Å²) in [5.74, 6) is -2.51. The van der Waals surface area contributed by atoms with E-state index in [-0.39, 0.29) is 16.3 Å². The molecule has 0 saturated heterocycles. The maximum absolute atomic E-state index is 13.8. The highest BCUT2D eigenvalue weighted by Gasteiger charge is 2.27. The minimum absolute atomic E-state index is 0.0133. The second-order valence-electron chi connectivity index (χ2n) is 5.97. The third-order valence-corrected chi connectivity index (χ3v) is 6.45. The monoisotopic (exact) mass is 528 g/mol. The molecule has 3 rings (SSSR count). The van der Waals surface area contributed by atoms with E-state index in [1.54, 1.807) is 42.5 Å². The summed E-state index contributed by atoms with van der Waals surface area (Å²) in [6.45, 7) is -0.589. The molecule has 0 bridgehead atoms. The lowest BCUT2D eigenvalue weighted by atomic mass is 10.3. The van der Waals surface area contributed by atoms with Crippen LogP contribution in [0.5, 0.6) is 0 Å². The highest BCUT2D eigenvalue weighted by atomic mass is 127. The van der Waals surface area contributed by atoms with Crippen LogP contribution in [-0.2, 0) is 14.8 Å². The first-order valence-corrected chi connectivity index (χ1v) is 10.9. The molecule has 0 aliphatic rings. The topological polar surface area (TPSA) is 66.5 Å². The number of nitrogens with one attached hydrogen (secondary N) is 1. The summed E-state index contributed by atoms with van der Waals surface area (Å²) >= 11 is 2.08. The van der Waals surface area contributed by atoms with Gasteiger partial charge in [-0.05, 0) is 71.1 Å². The van der Waals surface area contributed by atoms with Crippen molar-refractivity contribution in [1.82, 2.24) is 0 Å². The lowest BCUT2D eigenvalue weighted by Gasteiger charge is -2.24. The van der Waals surface area contributed by atoms with Gasteiger partial charge in [-0.15, -0.1) is 0 Å². The molecule has 0 fully saturated rings. The van der Waals surface area contributed by atoms with Gasteiger partial charge in [-0.25, -0.2) is 17.2 Å². The van der Waals surface area contributed by atoms with Gasteiger partial charge in [0.05, 0.1) is 16.3 Å². The molecule has 0 atom stereocenters. The summed E-state index contributed by atoms with van der Waals surface area (Å²) < 4.78 is 55.0. The van der Waals surface area contributed by atoms with Gasteiger partial charge >= 0.3 is 0 Å². The van der Waals surface area contributed by atoms with Gasteiger partial charge in [-0.2, -0.15) is 0 Å². The molecule has 0 aliphatic heterocycles. The summed E-state index contributed by atoms with van der Waals surface area (Å²) in [6, 6.07) is 17.0. The maximum atomic E-state index is 13.8. The molecule has 3 aromatic rings. The summed E-state index contributed by atoms with van der Waals surface area (Å²) in [5, 5.41) is 2.28. The molecule has 0 spiro atoms. The van der Waals surface area contributed by atoms with Crippen LogP contribution in [0.15, 0.2) is 77.7 Å². The maximum Gasteiger partial charge on any atom is 0.264 e. The molecule has 0 saturated carbocycles. The minimum Gasteiger partial charge on any atom is -0.322 e. The molecule has 0 radical (unpaired) electrons. The average Bonchev–Trinajstić information content (AvgIpc) is 2.70. The van der Waals surface area contributed by atoms with Crippen molar-refractivity contribution in [1.29, 1.82) is 0 Å². The number of hydrogen-bond donors (Lipinski definition) is 1. The van der Waals surface area contributed by atoms with Crippen LogP contribution in [0.3, 0.4) is 0 Å². The molecule has 0 heterocycles. The zero-order chi connectivity index (χ0) is 21.0. The Hall–Kier alpha value is -2.53. The van der Waals surface area contributed by atoms with E-state index in [4.69, 9.17) is 0 Å². The van der Waals surface area contributed by atoms with Crippen molar-refractivity contribution < 1.29 is 22.0 Å². The molecule has 0 unspecified atom stereocenters. The fraction of sp³-hybridized carbons (Fsp3) is 0.0500. The molecule has 1 amide bonds. The van der Waals surface area contributed by atoms with Gasteiger partial charge < -0.3 is 5.32 Å². The van der Waals surface area contributed by atoms with Gasteiger partial charge in [0.2, 0.25) is 5.91 Å². The van der Waals surface area contributed by atoms with E-state index in [0.29, 0.717) is 6.07 Å². The van der Waals surface area contributed by atoms with Crippen LogP contribution in [-0.4, -0.2) is 20.9 Å². The second-order valence-corrected chi connectivity index (χ2v) is 9.08. The number of halogens is 3. The van der Waals surface area contributed by atoms with Crippen molar-refractivity contribution in [3.05, 3.63) is 88.0 Å². The van der Waals surface area contributed by atoms with Crippen LogP contribution in [0.25, 0.3) is 0 Å².